The van der Waals surface area contributed by atoms with Crippen LogP contribution in [-0.4, -0.2) is 30.6 Å². The van der Waals surface area contributed by atoms with E-state index in [-0.39, 0.29) is 29.0 Å². The van der Waals surface area contributed by atoms with Crippen molar-refractivity contribution in [1.29, 1.82) is 0 Å². The summed E-state index contributed by atoms with van der Waals surface area (Å²) in [5.74, 6) is -0.651. The van der Waals surface area contributed by atoms with Crippen LogP contribution in [0, 0.1) is 13.8 Å². The molecule has 30 heavy (non-hydrogen) atoms. The lowest BCUT2D eigenvalue weighted by molar-refractivity contribution is -0.122. The number of benzene rings is 2. The summed E-state index contributed by atoms with van der Waals surface area (Å²) >= 11 is 0. The van der Waals surface area contributed by atoms with Crippen LogP contribution >= 0.6 is 0 Å². The number of hydrogen-bond acceptors (Lipinski definition) is 4. The van der Waals surface area contributed by atoms with Gasteiger partial charge in [0.2, 0.25) is 0 Å². The van der Waals surface area contributed by atoms with Crippen LogP contribution in [0.5, 0.6) is 0 Å². The van der Waals surface area contributed by atoms with E-state index in [4.69, 9.17) is 0 Å². The van der Waals surface area contributed by atoms with Gasteiger partial charge in [-0.3, -0.25) is 9.59 Å². The third-order valence-corrected chi connectivity index (χ3v) is 7.59. The smallest absolute Gasteiger partial charge is 0.268 e. The average Bonchev–Trinajstić information content (AvgIpc) is 3.49. The Hall–Kier alpha value is -2.93. The SMILES string of the molecule is CC1=C(c2ccc(C)c(C)c2)S(=O)(=O)N(Cc2ccc(C(=O)NC3CC3)cc2)C1=O. The first-order chi connectivity index (χ1) is 14.2. The zero-order valence-electron chi connectivity index (χ0n) is 17.2. The van der Waals surface area contributed by atoms with Crippen molar-refractivity contribution in [2.75, 3.05) is 0 Å². The molecule has 2 aliphatic rings. The molecular weight excluding hydrogens is 400 g/mol. The predicted molar refractivity (Wildman–Crippen MR) is 115 cm³/mol. The zero-order chi connectivity index (χ0) is 21.6. The van der Waals surface area contributed by atoms with Crippen LogP contribution in [-0.2, 0) is 21.4 Å². The lowest BCUT2D eigenvalue weighted by Crippen LogP contribution is -2.31. The lowest BCUT2D eigenvalue weighted by Gasteiger charge is -2.17. The van der Waals surface area contributed by atoms with Crippen molar-refractivity contribution in [3.8, 4) is 0 Å². The molecule has 0 saturated heterocycles. The Morgan fingerprint density at radius 1 is 1.03 bits per heavy atom. The fourth-order valence-corrected chi connectivity index (χ4v) is 5.32. The number of aryl methyl sites for hydroxylation is 2. The van der Waals surface area contributed by atoms with Crippen LogP contribution in [0.4, 0.5) is 0 Å². The van der Waals surface area contributed by atoms with Crippen molar-refractivity contribution in [1.82, 2.24) is 9.62 Å². The molecule has 1 aliphatic heterocycles. The topological polar surface area (TPSA) is 83.6 Å². The van der Waals surface area contributed by atoms with Gasteiger partial charge in [0, 0.05) is 17.2 Å². The van der Waals surface area contributed by atoms with Crippen molar-refractivity contribution in [3.63, 3.8) is 0 Å². The number of carbonyl (C=O) groups excluding carboxylic acids is 2. The Kier molecular flexibility index (Phi) is 5.02. The molecule has 7 heteroatoms. The minimum Gasteiger partial charge on any atom is -0.349 e. The van der Waals surface area contributed by atoms with Crippen molar-refractivity contribution in [2.45, 2.75) is 46.2 Å². The average molecular weight is 425 g/mol. The van der Waals surface area contributed by atoms with Crippen molar-refractivity contribution in [3.05, 3.63) is 75.9 Å². The van der Waals surface area contributed by atoms with Crippen molar-refractivity contribution in [2.24, 2.45) is 0 Å². The quantitative estimate of drug-likeness (QED) is 0.798. The van der Waals surface area contributed by atoms with E-state index in [1.807, 2.05) is 19.9 Å². The number of carbonyl (C=O) groups is 2. The highest BCUT2D eigenvalue weighted by Crippen LogP contribution is 2.37. The molecule has 1 fully saturated rings. The normalized spacial score (nSPS) is 18.1. The number of nitrogens with zero attached hydrogens (tertiary/aromatic N) is 1. The number of nitrogens with one attached hydrogen (secondary N) is 1. The minimum absolute atomic E-state index is 0.0658. The zero-order valence-corrected chi connectivity index (χ0v) is 18.0. The van der Waals surface area contributed by atoms with Crippen LogP contribution in [0.1, 0.15) is 52.4 Å². The van der Waals surface area contributed by atoms with Crippen LogP contribution in [0.2, 0.25) is 0 Å². The standard InChI is InChI=1S/C23H24N2O4S/c1-14-4-7-19(12-15(14)2)21-16(3)23(27)25(30(21,28)29)13-17-5-8-18(9-6-17)22(26)24-20-10-11-20/h4-9,12,20H,10-11,13H2,1-3H3,(H,24,26). The molecule has 0 unspecified atom stereocenters. The van der Waals surface area contributed by atoms with Gasteiger partial charge in [0.1, 0.15) is 4.91 Å². The third kappa shape index (κ3) is 3.65. The summed E-state index contributed by atoms with van der Waals surface area (Å²) in [6.45, 7) is 5.35. The van der Waals surface area contributed by atoms with E-state index in [1.54, 1.807) is 43.3 Å². The highest BCUT2D eigenvalue weighted by molar-refractivity contribution is 7.99. The molecule has 0 bridgehead atoms. The monoisotopic (exact) mass is 424 g/mol. The fourth-order valence-electron chi connectivity index (χ4n) is 3.53. The van der Waals surface area contributed by atoms with Gasteiger partial charge in [-0.2, -0.15) is 0 Å². The second-order valence-corrected chi connectivity index (χ2v) is 9.81. The molecule has 2 amide bonds. The van der Waals surface area contributed by atoms with Gasteiger partial charge in [-0.25, -0.2) is 12.7 Å². The van der Waals surface area contributed by atoms with Gasteiger partial charge in [-0.05, 0) is 68.0 Å². The number of hydrogen-bond donors (Lipinski definition) is 1. The highest BCUT2D eigenvalue weighted by Gasteiger charge is 2.42. The second kappa shape index (κ2) is 7.40. The van der Waals surface area contributed by atoms with Crippen molar-refractivity contribution >= 4 is 26.7 Å². The molecule has 2 aromatic carbocycles. The lowest BCUT2D eigenvalue weighted by atomic mass is 10.0. The van der Waals surface area contributed by atoms with E-state index in [9.17, 15) is 18.0 Å². The van der Waals surface area contributed by atoms with Crippen LogP contribution < -0.4 is 5.32 Å². The first kappa shape index (κ1) is 20.3. The Balaban J connectivity index is 1.57. The van der Waals surface area contributed by atoms with Gasteiger partial charge < -0.3 is 5.32 Å². The number of amides is 2. The van der Waals surface area contributed by atoms with Crippen LogP contribution in [0.25, 0.3) is 4.91 Å². The van der Waals surface area contributed by atoms with Crippen LogP contribution in [0.3, 0.4) is 0 Å². The third-order valence-electron chi connectivity index (χ3n) is 5.66. The van der Waals surface area contributed by atoms with Crippen LogP contribution in [0.15, 0.2) is 48.0 Å². The summed E-state index contributed by atoms with van der Waals surface area (Å²) in [5, 5.41) is 2.92. The number of rotatable bonds is 5. The summed E-state index contributed by atoms with van der Waals surface area (Å²) < 4.78 is 27.3. The van der Waals surface area contributed by atoms with Crippen molar-refractivity contribution < 1.29 is 18.0 Å². The van der Waals surface area contributed by atoms with Gasteiger partial charge >= 0.3 is 0 Å². The summed E-state index contributed by atoms with van der Waals surface area (Å²) in [7, 11) is -3.96. The molecule has 6 nitrogen and oxygen atoms in total. The molecule has 0 spiro atoms. The van der Waals surface area contributed by atoms with Gasteiger partial charge in [-0.1, -0.05) is 30.3 Å². The molecule has 0 atom stereocenters. The Labute approximate surface area is 176 Å². The van der Waals surface area contributed by atoms with E-state index in [2.05, 4.69) is 5.32 Å². The molecule has 1 N–H and O–H groups in total. The van der Waals surface area contributed by atoms with E-state index in [0.717, 1.165) is 28.3 Å². The molecule has 1 saturated carbocycles. The van der Waals surface area contributed by atoms with Gasteiger partial charge in [0.25, 0.3) is 21.8 Å². The molecule has 4 rings (SSSR count). The maximum absolute atomic E-state index is 13.2. The van der Waals surface area contributed by atoms with E-state index in [0.29, 0.717) is 16.7 Å². The summed E-state index contributed by atoms with van der Waals surface area (Å²) in [6, 6.07) is 12.4. The predicted octanol–water partition coefficient (Wildman–Crippen LogP) is 3.30. The van der Waals surface area contributed by atoms with Gasteiger partial charge in [-0.15, -0.1) is 0 Å². The molecular formula is C23H24N2O4S. The molecule has 0 aromatic heterocycles. The first-order valence-electron chi connectivity index (χ1n) is 9.94. The van der Waals surface area contributed by atoms with E-state index >= 15 is 0 Å². The molecule has 156 valence electrons. The second-order valence-electron chi connectivity index (χ2n) is 8.01. The van der Waals surface area contributed by atoms with E-state index in [1.165, 1.54) is 0 Å². The minimum atomic E-state index is -3.96. The maximum Gasteiger partial charge on any atom is 0.268 e. The fraction of sp³-hybridized carbons (Fsp3) is 0.304. The van der Waals surface area contributed by atoms with Gasteiger partial charge in [0.05, 0.1) is 6.54 Å². The largest absolute Gasteiger partial charge is 0.349 e. The number of sulfonamides is 1. The maximum atomic E-state index is 13.2. The molecule has 0 radical (unpaired) electrons. The van der Waals surface area contributed by atoms with E-state index < -0.39 is 15.9 Å². The highest BCUT2D eigenvalue weighted by atomic mass is 32.2. The Bertz CT molecular complexity index is 1180. The summed E-state index contributed by atoms with van der Waals surface area (Å²) in [4.78, 5) is 25.0. The first-order valence-corrected chi connectivity index (χ1v) is 11.4. The summed E-state index contributed by atoms with van der Waals surface area (Å²) in [6.07, 6.45) is 2.02. The summed E-state index contributed by atoms with van der Waals surface area (Å²) in [5.41, 5.74) is 3.93. The molecule has 1 heterocycles. The molecule has 2 aromatic rings. The van der Waals surface area contributed by atoms with Gasteiger partial charge in [0.15, 0.2) is 0 Å². The Morgan fingerprint density at radius 2 is 1.70 bits per heavy atom. The molecule has 1 aliphatic carbocycles. The Morgan fingerprint density at radius 3 is 2.30 bits per heavy atom.